The Morgan fingerprint density at radius 2 is 1.74 bits per heavy atom. The molecule has 6 rings (SSSR count). The van der Waals surface area contributed by atoms with Crippen molar-refractivity contribution in [1.29, 1.82) is 0 Å². The fourth-order valence-electron chi connectivity index (χ4n) is 5.93. The van der Waals surface area contributed by atoms with Crippen LogP contribution in [0.15, 0.2) is 48.9 Å². The molecule has 1 aliphatic rings. The van der Waals surface area contributed by atoms with Crippen LogP contribution in [-0.2, 0) is 38.7 Å². The lowest BCUT2D eigenvalue weighted by Gasteiger charge is -2.27. The number of aromatic nitrogens is 5. The molecule has 8 nitrogen and oxygen atoms in total. The molecule has 0 saturated heterocycles. The average Bonchev–Trinajstić information content (AvgIpc) is 3.61. The first kappa shape index (κ1) is 28.7. The van der Waals surface area contributed by atoms with Crippen LogP contribution in [0, 0.1) is 5.82 Å². The van der Waals surface area contributed by atoms with Crippen LogP contribution in [0.3, 0.4) is 0 Å². The van der Waals surface area contributed by atoms with Gasteiger partial charge in [0.15, 0.2) is 11.6 Å². The summed E-state index contributed by atoms with van der Waals surface area (Å²) in [7, 11) is 1.38. The van der Waals surface area contributed by atoms with Crippen LogP contribution < -0.4 is 9.64 Å². The summed E-state index contributed by atoms with van der Waals surface area (Å²) < 4.78 is 64.0. The van der Waals surface area contributed by atoms with Crippen molar-refractivity contribution in [1.82, 2.24) is 24.3 Å². The molecule has 2 aromatic carbocycles. The monoisotopic (exact) mass is 594 g/mol. The van der Waals surface area contributed by atoms with E-state index in [4.69, 9.17) is 9.84 Å². The first-order chi connectivity index (χ1) is 20.7. The summed E-state index contributed by atoms with van der Waals surface area (Å²) in [6.07, 6.45) is 0.663. The third-order valence-electron chi connectivity index (χ3n) is 8.03. The van der Waals surface area contributed by atoms with Gasteiger partial charge in [-0.15, -0.1) is 0 Å². The Morgan fingerprint density at radius 1 is 1.05 bits per heavy atom. The van der Waals surface area contributed by atoms with E-state index in [2.05, 4.69) is 23.8 Å². The zero-order valence-electron chi connectivity index (χ0n) is 23.9. The molecule has 0 saturated carbocycles. The summed E-state index contributed by atoms with van der Waals surface area (Å²) in [6.45, 7) is 4.45. The molecule has 43 heavy (non-hydrogen) atoms. The van der Waals surface area contributed by atoms with E-state index in [0.717, 1.165) is 53.3 Å². The van der Waals surface area contributed by atoms with Crippen LogP contribution in [0.1, 0.15) is 41.8 Å². The minimum Gasteiger partial charge on any atom is -0.492 e. The molecule has 12 heteroatoms. The van der Waals surface area contributed by atoms with Crippen molar-refractivity contribution in [2.45, 2.75) is 52.6 Å². The maximum Gasteiger partial charge on any atom is 0.419 e. The summed E-state index contributed by atoms with van der Waals surface area (Å²) in [5.41, 5.74) is 5.35. The quantitative estimate of drug-likeness (QED) is 0.230. The van der Waals surface area contributed by atoms with Gasteiger partial charge < -0.3 is 19.3 Å². The normalized spacial score (nSPS) is 13.5. The number of methoxy groups -OCH3 is 1. The zero-order valence-corrected chi connectivity index (χ0v) is 23.9. The van der Waals surface area contributed by atoms with E-state index >= 15 is 4.39 Å². The van der Waals surface area contributed by atoms with Crippen molar-refractivity contribution in [3.8, 4) is 22.7 Å². The molecular weight excluding hydrogens is 564 g/mol. The fourth-order valence-corrected chi connectivity index (χ4v) is 5.93. The van der Waals surface area contributed by atoms with Crippen molar-refractivity contribution in [2.24, 2.45) is 0 Å². The van der Waals surface area contributed by atoms with Crippen LogP contribution in [0.4, 0.5) is 23.5 Å². The number of hydrogen-bond donors (Lipinski definition) is 1. The Labute approximate surface area is 245 Å². The van der Waals surface area contributed by atoms with Crippen molar-refractivity contribution in [3.05, 3.63) is 82.7 Å². The van der Waals surface area contributed by atoms with Gasteiger partial charge in [0, 0.05) is 54.6 Å². The number of rotatable bonds is 7. The molecule has 0 aliphatic carbocycles. The molecule has 224 valence electrons. The van der Waals surface area contributed by atoms with Gasteiger partial charge >= 0.3 is 6.18 Å². The van der Waals surface area contributed by atoms with Gasteiger partial charge in [-0.25, -0.2) is 19.0 Å². The van der Waals surface area contributed by atoms with Crippen LogP contribution >= 0.6 is 0 Å². The predicted molar refractivity (Wildman–Crippen MR) is 154 cm³/mol. The fraction of sp³-hybridized carbons (Fsp3) is 0.323. The Hall–Kier alpha value is -4.45. The molecule has 1 N–H and O–H groups in total. The summed E-state index contributed by atoms with van der Waals surface area (Å²) in [5, 5.41) is 15.8. The highest BCUT2D eigenvalue weighted by atomic mass is 19.4. The average molecular weight is 595 g/mol. The van der Waals surface area contributed by atoms with Crippen molar-refractivity contribution >= 4 is 16.9 Å². The molecule has 0 bridgehead atoms. The van der Waals surface area contributed by atoms with Crippen LogP contribution in [0.5, 0.6) is 5.75 Å². The molecule has 4 heterocycles. The lowest BCUT2D eigenvalue weighted by Crippen LogP contribution is -2.31. The van der Waals surface area contributed by atoms with E-state index < -0.39 is 17.6 Å². The highest BCUT2D eigenvalue weighted by Crippen LogP contribution is 2.42. The lowest BCUT2D eigenvalue weighted by molar-refractivity contribution is -0.138. The third kappa shape index (κ3) is 4.79. The van der Waals surface area contributed by atoms with Gasteiger partial charge in [-0.3, -0.25) is 0 Å². The summed E-state index contributed by atoms with van der Waals surface area (Å²) in [4.78, 5) is 9.86. The Bertz CT molecular complexity index is 1790. The second kappa shape index (κ2) is 11.0. The minimum absolute atomic E-state index is 0.0146. The number of alkyl halides is 3. The molecule has 0 unspecified atom stereocenters. The smallest absolute Gasteiger partial charge is 0.419 e. The van der Waals surface area contributed by atoms with Crippen molar-refractivity contribution in [3.63, 3.8) is 0 Å². The Morgan fingerprint density at radius 3 is 2.35 bits per heavy atom. The van der Waals surface area contributed by atoms with E-state index in [1.807, 2.05) is 22.9 Å². The molecule has 0 amide bonds. The van der Waals surface area contributed by atoms with E-state index in [1.54, 1.807) is 17.2 Å². The molecule has 5 aromatic rings. The van der Waals surface area contributed by atoms with Crippen LogP contribution in [-0.4, -0.2) is 43.1 Å². The standard InChI is InChI=1S/C31H30F4N6O2/c1-4-18-7-6-8-19(5-2)26(18)41-27(22-13-24(32)29(43-3)28-21(22)9-11-40(28)17-42)23-16-39(12-10-25(23)38-41)30-36-14-20(15-37-30)31(33,34)35/h6-9,11,13-15,42H,4-5,10,12,16-17H2,1-3H3. The third-order valence-corrected chi connectivity index (χ3v) is 8.03. The number of benzene rings is 2. The lowest BCUT2D eigenvalue weighted by atomic mass is 9.97. The maximum absolute atomic E-state index is 15.7. The first-order valence-electron chi connectivity index (χ1n) is 14.0. The van der Waals surface area contributed by atoms with Crippen LogP contribution in [0.25, 0.3) is 27.8 Å². The van der Waals surface area contributed by atoms with Gasteiger partial charge in [0.25, 0.3) is 0 Å². The number of aliphatic hydroxyl groups is 1. The highest BCUT2D eigenvalue weighted by molar-refractivity contribution is 5.99. The number of hydrogen-bond acceptors (Lipinski definition) is 6. The Kier molecular flexibility index (Phi) is 7.33. The molecule has 0 fully saturated rings. The molecule has 0 spiro atoms. The number of aliphatic hydroxyl groups excluding tert-OH is 1. The number of anilines is 1. The minimum atomic E-state index is -4.54. The van der Waals surface area contributed by atoms with Gasteiger partial charge in [-0.1, -0.05) is 32.0 Å². The molecule has 0 radical (unpaired) electrons. The van der Waals surface area contributed by atoms with E-state index in [0.29, 0.717) is 35.1 Å². The predicted octanol–water partition coefficient (Wildman–Crippen LogP) is 6.09. The number of fused-ring (bicyclic) bond motifs is 2. The van der Waals surface area contributed by atoms with Gasteiger partial charge in [-0.05, 0) is 36.1 Å². The molecule has 1 aliphatic heterocycles. The Balaban J connectivity index is 1.60. The number of para-hydroxylation sites is 1. The first-order valence-corrected chi connectivity index (χ1v) is 14.0. The highest BCUT2D eigenvalue weighted by Gasteiger charge is 2.33. The second-order valence-electron chi connectivity index (χ2n) is 10.4. The zero-order chi connectivity index (χ0) is 30.5. The SMILES string of the molecule is CCc1cccc(CC)c1-n1nc2c(c1-c1cc(F)c(OC)c3c1ccn3CO)CN(c1ncc(C(F)(F)F)cn1)CC2. The molecular formula is C31H30F4N6O2. The van der Waals surface area contributed by atoms with Gasteiger partial charge in [0.05, 0.1) is 35.3 Å². The van der Waals surface area contributed by atoms with Crippen LogP contribution in [0.2, 0.25) is 0 Å². The molecule has 3 aromatic heterocycles. The van der Waals surface area contributed by atoms with Gasteiger partial charge in [0.2, 0.25) is 5.95 Å². The number of halogens is 4. The summed E-state index contributed by atoms with van der Waals surface area (Å²) >= 11 is 0. The second-order valence-corrected chi connectivity index (χ2v) is 10.4. The van der Waals surface area contributed by atoms with Crippen molar-refractivity contribution < 1.29 is 27.4 Å². The molecule has 0 atom stereocenters. The van der Waals surface area contributed by atoms with E-state index in [-0.39, 0.29) is 25.0 Å². The maximum atomic E-state index is 15.7. The van der Waals surface area contributed by atoms with E-state index in [9.17, 15) is 18.3 Å². The largest absolute Gasteiger partial charge is 0.492 e. The van der Waals surface area contributed by atoms with Crippen molar-refractivity contribution in [2.75, 3.05) is 18.6 Å². The summed E-state index contributed by atoms with van der Waals surface area (Å²) in [5.74, 6) is -0.420. The number of ether oxygens (including phenoxy) is 1. The topological polar surface area (TPSA) is 81.2 Å². The number of aryl methyl sites for hydroxylation is 2. The summed E-state index contributed by atoms with van der Waals surface area (Å²) in [6, 6.07) is 9.34. The van der Waals surface area contributed by atoms with Gasteiger partial charge in [0.1, 0.15) is 6.73 Å². The van der Waals surface area contributed by atoms with E-state index in [1.165, 1.54) is 17.7 Å². The number of nitrogens with zero attached hydrogens (tertiary/aromatic N) is 6. The van der Waals surface area contributed by atoms with Gasteiger partial charge in [-0.2, -0.15) is 18.3 Å².